The molecule has 2 aromatic rings. The van der Waals surface area contributed by atoms with Gasteiger partial charge in [-0.2, -0.15) is 0 Å². The lowest BCUT2D eigenvalue weighted by Crippen LogP contribution is -2.14. The van der Waals surface area contributed by atoms with Crippen LogP contribution < -0.4 is 5.32 Å². The summed E-state index contributed by atoms with van der Waals surface area (Å²) < 4.78 is 24.5. The number of para-hydroxylation sites is 1. The van der Waals surface area contributed by atoms with Crippen LogP contribution in [0.5, 0.6) is 0 Å². The van der Waals surface area contributed by atoms with E-state index in [4.69, 9.17) is 0 Å². The Morgan fingerprint density at radius 1 is 1.14 bits per heavy atom. The molecule has 0 radical (unpaired) electrons. The van der Waals surface area contributed by atoms with E-state index >= 15 is 0 Å². The number of aryl methyl sites for hydroxylation is 2. The Kier molecular flexibility index (Phi) is 3.49. The van der Waals surface area contributed by atoms with Gasteiger partial charge in [0.25, 0.3) is 0 Å². The molecule has 1 unspecified atom stereocenters. The smallest absolute Gasteiger partial charge is 0.181 e. The van der Waals surface area contributed by atoms with Gasteiger partial charge < -0.3 is 5.32 Å². The zero-order chi connectivity index (χ0) is 15.0. The number of hydrogen-bond acceptors (Lipinski definition) is 3. The van der Waals surface area contributed by atoms with Crippen molar-refractivity contribution in [2.45, 2.75) is 31.2 Å². The summed E-state index contributed by atoms with van der Waals surface area (Å²) in [7, 11) is -3.17. The van der Waals surface area contributed by atoms with Crippen molar-refractivity contribution in [3.63, 3.8) is 0 Å². The first-order chi connectivity index (χ1) is 10.0. The molecule has 0 amide bonds. The van der Waals surface area contributed by atoms with Crippen LogP contribution in [0.25, 0.3) is 0 Å². The maximum atomic E-state index is 12.3. The van der Waals surface area contributed by atoms with Crippen LogP contribution in [0.4, 0.5) is 5.69 Å². The Bertz CT molecular complexity index is 781. The first-order valence-electron chi connectivity index (χ1n) is 7.19. The summed E-state index contributed by atoms with van der Waals surface area (Å²) in [5, 5.41) is 3.46. The van der Waals surface area contributed by atoms with Gasteiger partial charge in [-0.25, -0.2) is 8.42 Å². The summed E-state index contributed by atoms with van der Waals surface area (Å²) in [4.78, 5) is 0.467. The molecule has 0 saturated carbocycles. The van der Waals surface area contributed by atoms with Crippen molar-refractivity contribution in [1.29, 1.82) is 0 Å². The van der Waals surface area contributed by atoms with Crippen LogP contribution in [0.15, 0.2) is 47.4 Å². The third-order valence-corrected chi connectivity index (χ3v) is 5.89. The van der Waals surface area contributed by atoms with Crippen LogP contribution in [0.1, 0.15) is 29.7 Å². The fourth-order valence-electron chi connectivity index (χ4n) is 2.97. The van der Waals surface area contributed by atoms with E-state index in [9.17, 15) is 8.42 Å². The maximum absolute atomic E-state index is 12.3. The van der Waals surface area contributed by atoms with Crippen molar-refractivity contribution >= 4 is 15.5 Å². The summed E-state index contributed by atoms with van der Waals surface area (Å²) in [6.07, 6.45) is 0.922. The van der Waals surface area contributed by atoms with Crippen molar-refractivity contribution in [1.82, 2.24) is 0 Å². The SMILES string of the molecule is CCc1cccc(C)c1NC1CS(=O)(=O)c2ccccc21. The highest BCUT2D eigenvalue weighted by Gasteiger charge is 2.34. The summed E-state index contributed by atoms with van der Waals surface area (Å²) >= 11 is 0. The molecule has 0 aromatic heterocycles. The molecule has 1 atom stereocenters. The fraction of sp³-hybridized carbons (Fsp3) is 0.294. The van der Waals surface area contributed by atoms with Crippen molar-refractivity contribution in [2.24, 2.45) is 0 Å². The third-order valence-electron chi connectivity index (χ3n) is 4.07. The van der Waals surface area contributed by atoms with Crippen molar-refractivity contribution in [2.75, 3.05) is 11.1 Å². The standard InChI is InChI=1S/C17H19NO2S/c1-3-13-8-6-7-12(2)17(13)18-15-11-21(19,20)16-10-5-4-9-14(15)16/h4-10,15,18H,3,11H2,1-2H3. The predicted octanol–water partition coefficient (Wildman–Crippen LogP) is 3.50. The topological polar surface area (TPSA) is 46.2 Å². The second-order valence-electron chi connectivity index (χ2n) is 5.48. The number of hydrogen-bond donors (Lipinski definition) is 1. The predicted molar refractivity (Wildman–Crippen MR) is 85.4 cm³/mol. The molecule has 0 aliphatic carbocycles. The van der Waals surface area contributed by atoms with Crippen LogP contribution in [0.3, 0.4) is 0 Å². The highest BCUT2D eigenvalue weighted by Crippen LogP contribution is 2.36. The van der Waals surface area contributed by atoms with Crippen LogP contribution in [-0.4, -0.2) is 14.2 Å². The fourth-order valence-corrected chi connectivity index (χ4v) is 4.71. The maximum Gasteiger partial charge on any atom is 0.181 e. The van der Waals surface area contributed by atoms with E-state index in [1.165, 1.54) is 5.56 Å². The molecule has 1 aliphatic rings. The minimum Gasteiger partial charge on any atom is -0.377 e. The zero-order valence-electron chi connectivity index (χ0n) is 12.3. The Morgan fingerprint density at radius 2 is 1.90 bits per heavy atom. The average molecular weight is 301 g/mol. The van der Waals surface area contributed by atoms with E-state index in [0.29, 0.717) is 4.90 Å². The Morgan fingerprint density at radius 3 is 2.67 bits per heavy atom. The molecular formula is C17H19NO2S. The largest absolute Gasteiger partial charge is 0.377 e. The molecule has 21 heavy (non-hydrogen) atoms. The van der Waals surface area contributed by atoms with Crippen molar-refractivity contribution < 1.29 is 8.42 Å². The molecule has 0 bridgehead atoms. The van der Waals surface area contributed by atoms with Crippen molar-refractivity contribution in [3.05, 3.63) is 59.2 Å². The van der Waals surface area contributed by atoms with Gasteiger partial charge in [0.15, 0.2) is 9.84 Å². The molecule has 1 heterocycles. The summed E-state index contributed by atoms with van der Waals surface area (Å²) in [6, 6.07) is 13.3. The van der Waals surface area contributed by atoms with Gasteiger partial charge in [0, 0.05) is 5.69 Å². The molecule has 2 aromatic carbocycles. The first kappa shape index (κ1) is 14.1. The molecule has 110 valence electrons. The van der Waals surface area contributed by atoms with E-state index in [2.05, 4.69) is 31.3 Å². The number of benzene rings is 2. The molecule has 3 nitrogen and oxygen atoms in total. The van der Waals surface area contributed by atoms with Crippen LogP contribution in [-0.2, 0) is 16.3 Å². The monoisotopic (exact) mass is 301 g/mol. The second kappa shape index (κ2) is 5.19. The summed E-state index contributed by atoms with van der Waals surface area (Å²) in [6.45, 7) is 4.16. The molecule has 1 N–H and O–H groups in total. The van der Waals surface area contributed by atoms with Crippen LogP contribution >= 0.6 is 0 Å². The molecule has 0 spiro atoms. The van der Waals surface area contributed by atoms with E-state index < -0.39 is 9.84 Å². The van der Waals surface area contributed by atoms with Crippen LogP contribution in [0, 0.1) is 6.92 Å². The van der Waals surface area contributed by atoms with E-state index in [0.717, 1.165) is 23.2 Å². The van der Waals surface area contributed by atoms with Gasteiger partial charge in [0.2, 0.25) is 0 Å². The minimum absolute atomic E-state index is 0.129. The molecule has 3 rings (SSSR count). The Balaban J connectivity index is 2.02. The van der Waals surface area contributed by atoms with E-state index in [1.807, 2.05) is 18.2 Å². The summed E-state index contributed by atoms with van der Waals surface area (Å²) in [5.41, 5.74) is 4.31. The number of rotatable bonds is 3. The number of nitrogens with one attached hydrogen (secondary N) is 1. The van der Waals surface area contributed by atoms with Gasteiger partial charge in [0.05, 0.1) is 16.7 Å². The second-order valence-corrected chi connectivity index (χ2v) is 7.48. The highest BCUT2D eigenvalue weighted by atomic mass is 32.2. The molecule has 0 fully saturated rings. The van der Waals surface area contributed by atoms with E-state index in [1.54, 1.807) is 12.1 Å². The quantitative estimate of drug-likeness (QED) is 0.944. The number of fused-ring (bicyclic) bond motifs is 1. The van der Waals surface area contributed by atoms with Gasteiger partial charge in [-0.1, -0.05) is 43.3 Å². The average Bonchev–Trinajstić information content (AvgIpc) is 2.73. The molecule has 1 aliphatic heterocycles. The van der Waals surface area contributed by atoms with Gasteiger partial charge in [-0.05, 0) is 36.1 Å². The van der Waals surface area contributed by atoms with Gasteiger partial charge in [0.1, 0.15) is 0 Å². The third kappa shape index (κ3) is 2.44. The van der Waals surface area contributed by atoms with E-state index in [-0.39, 0.29) is 11.8 Å². The lowest BCUT2D eigenvalue weighted by molar-refractivity contribution is 0.598. The van der Waals surface area contributed by atoms with Gasteiger partial charge in [-0.15, -0.1) is 0 Å². The lowest BCUT2D eigenvalue weighted by Gasteiger charge is -2.19. The van der Waals surface area contributed by atoms with Crippen molar-refractivity contribution in [3.8, 4) is 0 Å². The first-order valence-corrected chi connectivity index (χ1v) is 8.85. The summed E-state index contributed by atoms with van der Waals surface area (Å²) in [5.74, 6) is 0.129. The van der Waals surface area contributed by atoms with Crippen LogP contribution in [0.2, 0.25) is 0 Å². The van der Waals surface area contributed by atoms with Gasteiger partial charge >= 0.3 is 0 Å². The minimum atomic E-state index is -3.17. The Hall–Kier alpha value is -1.81. The lowest BCUT2D eigenvalue weighted by atomic mass is 10.0. The Labute approximate surface area is 125 Å². The normalized spacial score (nSPS) is 19.2. The van der Waals surface area contributed by atoms with Gasteiger partial charge in [-0.3, -0.25) is 0 Å². The molecular weight excluding hydrogens is 282 g/mol. The zero-order valence-corrected chi connectivity index (χ0v) is 13.1. The number of sulfone groups is 1. The molecule has 0 saturated heterocycles. The highest BCUT2D eigenvalue weighted by molar-refractivity contribution is 7.91. The number of anilines is 1. The molecule has 4 heteroatoms.